The highest BCUT2D eigenvalue weighted by Gasteiger charge is 2.33. The standard InChI is InChI=1S/C31H32F3N3O/c1-20(22-7-11-25(12-8-22)36-26-15-17-35-18-16-26)27-13-9-23-10-14-29(38)37(30(23)21(27)2)19-24-5-3-4-6-28(24)31(32,33)34/h3-14,20,26,35-36H,15-19H2,1-2H3. The van der Waals surface area contributed by atoms with Crippen molar-refractivity contribution in [2.45, 2.75) is 51.4 Å². The third-order valence-electron chi connectivity index (χ3n) is 7.68. The minimum atomic E-state index is -4.49. The Kier molecular flexibility index (Phi) is 7.30. The van der Waals surface area contributed by atoms with E-state index in [0.29, 0.717) is 11.6 Å². The number of rotatable bonds is 6. The fourth-order valence-corrected chi connectivity index (χ4v) is 5.57. The summed E-state index contributed by atoms with van der Waals surface area (Å²) >= 11 is 0. The Bertz CT molecular complexity index is 1490. The average Bonchev–Trinajstić information content (AvgIpc) is 2.91. The molecule has 4 aromatic rings. The number of hydrogen-bond donors (Lipinski definition) is 2. The van der Waals surface area contributed by atoms with Gasteiger partial charge >= 0.3 is 6.18 Å². The monoisotopic (exact) mass is 519 g/mol. The van der Waals surface area contributed by atoms with E-state index in [1.165, 1.54) is 22.8 Å². The molecule has 1 unspecified atom stereocenters. The summed E-state index contributed by atoms with van der Waals surface area (Å²) < 4.78 is 42.5. The summed E-state index contributed by atoms with van der Waals surface area (Å²) in [5.74, 6) is 0.0403. The molecule has 0 bridgehead atoms. The maximum Gasteiger partial charge on any atom is 0.416 e. The lowest BCUT2D eigenvalue weighted by Gasteiger charge is -2.25. The van der Waals surface area contributed by atoms with E-state index in [1.54, 1.807) is 12.1 Å². The second kappa shape index (κ2) is 10.7. The number of aryl methyl sites for hydroxylation is 1. The molecule has 4 nitrogen and oxygen atoms in total. The summed E-state index contributed by atoms with van der Waals surface area (Å²) in [5.41, 5.74) is 3.87. The van der Waals surface area contributed by atoms with Crippen LogP contribution in [-0.4, -0.2) is 23.7 Å². The van der Waals surface area contributed by atoms with Crippen LogP contribution in [0.4, 0.5) is 18.9 Å². The summed E-state index contributed by atoms with van der Waals surface area (Å²) in [4.78, 5) is 13.0. The number of pyridine rings is 1. The minimum Gasteiger partial charge on any atom is -0.382 e. The van der Waals surface area contributed by atoms with Gasteiger partial charge in [0.05, 0.1) is 17.6 Å². The van der Waals surface area contributed by atoms with Gasteiger partial charge in [-0.15, -0.1) is 0 Å². The number of alkyl halides is 3. The van der Waals surface area contributed by atoms with Gasteiger partial charge in [0.25, 0.3) is 5.56 Å². The lowest BCUT2D eigenvalue weighted by atomic mass is 9.88. The zero-order valence-electron chi connectivity index (χ0n) is 21.6. The molecular weight excluding hydrogens is 487 g/mol. The third-order valence-corrected chi connectivity index (χ3v) is 7.68. The van der Waals surface area contributed by atoms with Crippen molar-refractivity contribution in [3.63, 3.8) is 0 Å². The SMILES string of the molecule is Cc1c(C(C)c2ccc(NC3CCNCC3)cc2)ccc2ccc(=O)n(Cc3ccccc3C(F)(F)F)c12. The fraction of sp³-hybridized carbons (Fsp3) is 0.323. The van der Waals surface area contributed by atoms with Crippen molar-refractivity contribution < 1.29 is 13.2 Å². The molecule has 38 heavy (non-hydrogen) atoms. The Morgan fingerprint density at radius 1 is 0.974 bits per heavy atom. The molecule has 0 radical (unpaired) electrons. The number of benzene rings is 3. The minimum absolute atomic E-state index is 0.0403. The lowest BCUT2D eigenvalue weighted by Crippen LogP contribution is -2.35. The van der Waals surface area contributed by atoms with Gasteiger partial charge in [-0.3, -0.25) is 4.79 Å². The molecule has 1 aliphatic heterocycles. The average molecular weight is 520 g/mol. The largest absolute Gasteiger partial charge is 0.416 e. The topological polar surface area (TPSA) is 46.1 Å². The van der Waals surface area contributed by atoms with Crippen LogP contribution in [0, 0.1) is 6.92 Å². The molecule has 0 spiro atoms. The predicted molar refractivity (Wildman–Crippen MR) is 147 cm³/mol. The molecule has 198 valence electrons. The van der Waals surface area contributed by atoms with Gasteiger partial charge in [-0.1, -0.05) is 49.4 Å². The quantitative estimate of drug-likeness (QED) is 0.298. The first-order valence-corrected chi connectivity index (χ1v) is 13.1. The van der Waals surface area contributed by atoms with Crippen LogP contribution < -0.4 is 16.2 Å². The van der Waals surface area contributed by atoms with E-state index in [-0.39, 0.29) is 23.6 Å². The molecule has 7 heteroatoms. The number of nitrogens with zero attached hydrogens (tertiary/aromatic N) is 1. The first kappa shape index (κ1) is 26.0. The van der Waals surface area contributed by atoms with E-state index in [1.807, 2.05) is 13.0 Å². The number of halogens is 3. The Morgan fingerprint density at radius 3 is 2.37 bits per heavy atom. The summed E-state index contributed by atoms with van der Waals surface area (Å²) in [6.07, 6.45) is -2.29. The summed E-state index contributed by atoms with van der Waals surface area (Å²) in [6.45, 7) is 5.98. The molecule has 1 aromatic heterocycles. The van der Waals surface area contributed by atoms with Crippen molar-refractivity contribution in [3.8, 4) is 0 Å². The second-order valence-electron chi connectivity index (χ2n) is 10.1. The Morgan fingerprint density at radius 2 is 1.66 bits per heavy atom. The number of nitrogens with one attached hydrogen (secondary N) is 2. The van der Waals surface area contributed by atoms with E-state index in [4.69, 9.17) is 0 Å². The van der Waals surface area contributed by atoms with Gasteiger partial charge in [-0.05, 0) is 84.8 Å². The lowest BCUT2D eigenvalue weighted by molar-refractivity contribution is -0.138. The molecule has 0 aliphatic carbocycles. The smallest absolute Gasteiger partial charge is 0.382 e. The van der Waals surface area contributed by atoms with Gasteiger partial charge in [-0.25, -0.2) is 0 Å². The molecule has 3 aromatic carbocycles. The molecule has 0 amide bonds. The summed E-state index contributed by atoms with van der Waals surface area (Å²) in [6, 6.07) is 21.6. The van der Waals surface area contributed by atoms with Crippen LogP contribution in [0.1, 0.15) is 53.5 Å². The molecule has 1 atom stereocenters. The van der Waals surface area contributed by atoms with Crippen LogP contribution in [0.2, 0.25) is 0 Å². The number of fused-ring (bicyclic) bond motifs is 1. The van der Waals surface area contributed by atoms with Crippen molar-refractivity contribution in [1.29, 1.82) is 0 Å². The van der Waals surface area contributed by atoms with Gasteiger partial charge in [0, 0.05) is 23.7 Å². The fourth-order valence-electron chi connectivity index (χ4n) is 5.57. The van der Waals surface area contributed by atoms with E-state index in [2.05, 4.69) is 47.9 Å². The molecule has 5 rings (SSSR count). The van der Waals surface area contributed by atoms with Gasteiger partial charge < -0.3 is 15.2 Å². The Hall–Kier alpha value is -3.58. The van der Waals surface area contributed by atoms with Crippen LogP contribution in [0.3, 0.4) is 0 Å². The van der Waals surface area contributed by atoms with Crippen LogP contribution in [0.25, 0.3) is 10.9 Å². The Labute approximate surface area is 220 Å². The van der Waals surface area contributed by atoms with Crippen LogP contribution >= 0.6 is 0 Å². The predicted octanol–water partition coefficient (Wildman–Crippen LogP) is 6.69. The van der Waals surface area contributed by atoms with Crippen molar-refractivity contribution >= 4 is 16.6 Å². The van der Waals surface area contributed by atoms with E-state index in [9.17, 15) is 18.0 Å². The third kappa shape index (κ3) is 5.34. The maximum atomic E-state index is 13.7. The molecule has 2 N–H and O–H groups in total. The molecular formula is C31H32F3N3O. The van der Waals surface area contributed by atoms with Gasteiger partial charge in [0.15, 0.2) is 0 Å². The van der Waals surface area contributed by atoms with Crippen molar-refractivity contribution in [2.24, 2.45) is 0 Å². The van der Waals surface area contributed by atoms with Gasteiger partial charge in [0.1, 0.15) is 0 Å². The van der Waals surface area contributed by atoms with Crippen LogP contribution in [-0.2, 0) is 12.7 Å². The summed E-state index contributed by atoms with van der Waals surface area (Å²) in [7, 11) is 0. The Balaban J connectivity index is 1.49. The van der Waals surface area contributed by atoms with E-state index < -0.39 is 11.7 Å². The number of anilines is 1. The molecule has 0 saturated carbocycles. The van der Waals surface area contributed by atoms with Crippen LogP contribution in [0.5, 0.6) is 0 Å². The highest BCUT2D eigenvalue weighted by molar-refractivity contribution is 5.83. The molecule has 2 heterocycles. The van der Waals surface area contributed by atoms with Gasteiger partial charge in [0.2, 0.25) is 0 Å². The zero-order chi connectivity index (χ0) is 26.9. The first-order valence-electron chi connectivity index (χ1n) is 13.1. The van der Waals surface area contributed by atoms with Crippen LogP contribution in [0.15, 0.2) is 77.6 Å². The van der Waals surface area contributed by atoms with Crippen molar-refractivity contribution in [2.75, 3.05) is 18.4 Å². The summed E-state index contributed by atoms with van der Waals surface area (Å²) in [5, 5.41) is 7.82. The van der Waals surface area contributed by atoms with Gasteiger partial charge in [-0.2, -0.15) is 13.2 Å². The van der Waals surface area contributed by atoms with Crippen molar-refractivity contribution in [3.05, 3.63) is 111 Å². The molecule has 1 fully saturated rings. The maximum absolute atomic E-state index is 13.7. The zero-order valence-corrected chi connectivity index (χ0v) is 21.6. The number of hydrogen-bond acceptors (Lipinski definition) is 3. The second-order valence-corrected chi connectivity index (χ2v) is 10.1. The first-order chi connectivity index (χ1) is 18.2. The van der Waals surface area contributed by atoms with E-state index >= 15 is 0 Å². The van der Waals surface area contributed by atoms with E-state index in [0.717, 1.165) is 59.8 Å². The molecule has 1 saturated heterocycles. The normalized spacial score (nSPS) is 15.5. The number of aromatic nitrogens is 1. The highest BCUT2D eigenvalue weighted by atomic mass is 19.4. The molecule has 1 aliphatic rings. The van der Waals surface area contributed by atoms with Crippen molar-refractivity contribution in [1.82, 2.24) is 9.88 Å². The highest BCUT2D eigenvalue weighted by Crippen LogP contribution is 2.34. The number of piperidine rings is 1.